The summed E-state index contributed by atoms with van der Waals surface area (Å²) in [5, 5.41) is 7.14. The Morgan fingerprint density at radius 1 is 1.15 bits per heavy atom. The number of benzene rings is 1. The van der Waals surface area contributed by atoms with Crippen LogP contribution in [0.5, 0.6) is 0 Å². The van der Waals surface area contributed by atoms with Gasteiger partial charge in [-0.2, -0.15) is 5.10 Å². The molecule has 0 spiro atoms. The second kappa shape index (κ2) is 7.00. The Morgan fingerprint density at radius 2 is 1.85 bits per heavy atom. The predicted octanol–water partition coefficient (Wildman–Crippen LogP) is 3.50. The minimum absolute atomic E-state index is 0.0755. The Bertz CT molecular complexity index is 954. The molecule has 6 heteroatoms. The number of carbonyl (C=O) groups excluding carboxylic acids is 2. The summed E-state index contributed by atoms with van der Waals surface area (Å²) in [6.07, 6.45) is 1.74. The Balaban J connectivity index is 1.86. The van der Waals surface area contributed by atoms with Gasteiger partial charge >= 0.3 is 0 Å². The van der Waals surface area contributed by atoms with Gasteiger partial charge in [0.1, 0.15) is 0 Å². The van der Waals surface area contributed by atoms with Gasteiger partial charge in [0.05, 0.1) is 23.1 Å². The Labute approximate surface area is 152 Å². The molecule has 6 nitrogen and oxygen atoms in total. The molecule has 2 N–H and O–H groups in total. The van der Waals surface area contributed by atoms with Crippen LogP contribution in [0.3, 0.4) is 0 Å². The number of amides is 1. The van der Waals surface area contributed by atoms with E-state index in [1.165, 1.54) is 6.92 Å². The van der Waals surface area contributed by atoms with Crippen molar-refractivity contribution in [3.8, 4) is 11.3 Å². The number of hydrogen-bond donors (Lipinski definition) is 2. The van der Waals surface area contributed by atoms with Gasteiger partial charge in [0, 0.05) is 31.8 Å². The van der Waals surface area contributed by atoms with E-state index >= 15 is 0 Å². The van der Waals surface area contributed by atoms with Crippen molar-refractivity contribution < 1.29 is 9.59 Å². The van der Waals surface area contributed by atoms with Gasteiger partial charge < -0.3 is 9.88 Å². The highest BCUT2D eigenvalue weighted by Gasteiger charge is 2.23. The third-order valence-electron chi connectivity index (χ3n) is 4.54. The Hall–Kier alpha value is -3.15. The van der Waals surface area contributed by atoms with Crippen molar-refractivity contribution >= 4 is 11.7 Å². The lowest BCUT2D eigenvalue weighted by Crippen LogP contribution is -2.27. The number of nitrogens with one attached hydrogen (secondary N) is 2. The second-order valence-electron chi connectivity index (χ2n) is 6.48. The first-order valence-corrected chi connectivity index (χ1v) is 8.43. The first kappa shape index (κ1) is 17.7. The van der Waals surface area contributed by atoms with Crippen molar-refractivity contribution in [3.63, 3.8) is 0 Å². The van der Waals surface area contributed by atoms with Crippen LogP contribution < -0.4 is 0 Å². The van der Waals surface area contributed by atoms with Gasteiger partial charge in [-0.3, -0.25) is 14.7 Å². The molecule has 1 aromatic carbocycles. The summed E-state index contributed by atoms with van der Waals surface area (Å²) in [6, 6.07) is 9.88. The molecular weight excluding hydrogens is 328 g/mol. The predicted molar refractivity (Wildman–Crippen MR) is 100 cm³/mol. The summed E-state index contributed by atoms with van der Waals surface area (Å²) in [5.41, 5.74) is 5.31. The molecule has 0 saturated carbocycles. The fourth-order valence-electron chi connectivity index (χ4n) is 3.23. The third-order valence-corrected chi connectivity index (χ3v) is 4.54. The lowest BCUT2D eigenvalue weighted by molar-refractivity contribution is 0.0784. The summed E-state index contributed by atoms with van der Waals surface area (Å²) in [4.78, 5) is 29.3. The number of carbonyl (C=O) groups is 2. The van der Waals surface area contributed by atoms with Gasteiger partial charge in [-0.15, -0.1) is 0 Å². The lowest BCUT2D eigenvalue weighted by atomic mass is 10.1. The third kappa shape index (κ3) is 3.18. The van der Waals surface area contributed by atoms with Gasteiger partial charge in [0.25, 0.3) is 5.91 Å². The zero-order valence-corrected chi connectivity index (χ0v) is 15.4. The highest BCUT2D eigenvalue weighted by Crippen LogP contribution is 2.24. The van der Waals surface area contributed by atoms with E-state index in [9.17, 15) is 9.59 Å². The normalized spacial score (nSPS) is 10.8. The van der Waals surface area contributed by atoms with Crippen LogP contribution in [0.4, 0.5) is 0 Å². The largest absolute Gasteiger partial charge is 0.355 e. The van der Waals surface area contributed by atoms with Crippen molar-refractivity contribution in [2.24, 2.45) is 0 Å². The van der Waals surface area contributed by atoms with E-state index in [2.05, 4.69) is 15.2 Å². The zero-order chi connectivity index (χ0) is 18.8. The number of ketones is 1. The number of aryl methyl sites for hydroxylation is 1. The van der Waals surface area contributed by atoms with Crippen LogP contribution in [-0.2, 0) is 6.54 Å². The van der Waals surface area contributed by atoms with Gasteiger partial charge in [-0.25, -0.2) is 0 Å². The summed E-state index contributed by atoms with van der Waals surface area (Å²) in [7, 11) is 1.75. The maximum absolute atomic E-state index is 13.0. The summed E-state index contributed by atoms with van der Waals surface area (Å²) in [6.45, 7) is 5.52. The van der Waals surface area contributed by atoms with Crippen molar-refractivity contribution in [1.82, 2.24) is 20.1 Å². The van der Waals surface area contributed by atoms with Gasteiger partial charge in [-0.05, 0) is 25.0 Å². The molecule has 0 aliphatic carbocycles. The summed E-state index contributed by atoms with van der Waals surface area (Å²) >= 11 is 0. The molecule has 0 fully saturated rings. The van der Waals surface area contributed by atoms with Crippen molar-refractivity contribution in [1.29, 1.82) is 0 Å². The first-order chi connectivity index (χ1) is 12.4. The van der Waals surface area contributed by atoms with E-state index in [0.29, 0.717) is 29.1 Å². The van der Waals surface area contributed by atoms with Crippen LogP contribution >= 0.6 is 0 Å². The second-order valence-corrected chi connectivity index (χ2v) is 6.48. The fraction of sp³-hybridized carbons (Fsp3) is 0.250. The number of Topliss-reactive ketones (excluding diaryl/α,β-unsaturated/α-hetero) is 1. The molecule has 26 heavy (non-hydrogen) atoms. The highest BCUT2D eigenvalue weighted by molar-refractivity contribution is 6.02. The summed E-state index contributed by atoms with van der Waals surface area (Å²) < 4.78 is 0. The van der Waals surface area contributed by atoms with E-state index in [1.807, 2.05) is 37.3 Å². The van der Waals surface area contributed by atoms with Crippen LogP contribution in [0.15, 0.2) is 36.5 Å². The molecule has 2 heterocycles. The number of H-pyrrole nitrogens is 2. The molecule has 0 unspecified atom stereocenters. The molecule has 0 radical (unpaired) electrons. The topological polar surface area (TPSA) is 81.8 Å². The van der Waals surface area contributed by atoms with E-state index in [0.717, 1.165) is 16.8 Å². The number of rotatable bonds is 5. The van der Waals surface area contributed by atoms with Gasteiger partial charge in [-0.1, -0.05) is 30.3 Å². The fourth-order valence-corrected chi connectivity index (χ4v) is 3.23. The van der Waals surface area contributed by atoms with Crippen molar-refractivity contribution in [2.45, 2.75) is 27.3 Å². The smallest absolute Gasteiger partial charge is 0.256 e. The van der Waals surface area contributed by atoms with E-state index in [-0.39, 0.29) is 11.7 Å². The maximum Gasteiger partial charge on any atom is 0.256 e. The average Bonchev–Trinajstić information content (AvgIpc) is 3.19. The molecule has 134 valence electrons. The molecule has 0 saturated heterocycles. The lowest BCUT2D eigenvalue weighted by Gasteiger charge is -2.18. The zero-order valence-electron chi connectivity index (χ0n) is 15.4. The molecule has 0 aliphatic rings. The number of nitrogens with zero attached hydrogens (tertiary/aromatic N) is 2. The van der Waals surface area contributed by atoms with E-state index in [4.69, 9.17) is 0 Å². The van der Waals surface area contributed by atoms with E-state index in [1.54, 1.807) is 25.1 Å². The minimum atomic E-state index is -0.121. The Morgan fingerprint density at radius 3 is 2.46 bits per heavy atom. The molecule has 0 aliphatic heterocycles. The van der Waals surface area contributed by atoms with E-state index < -0.39 is 0 Å². The Kier molecular flexibility index (Phi) is 4.75. The first-order valence-electron chi connectivity index (χ1n) is 8.43. The maximum atomic E-state index is 13.0. The quantitative estimate of drug-likeness (QED) is 0.691. The molecular formula is C20H22N4O2. The molecule has 0 atom stereocenters. The van der Waals surface area contributed by atoms with Crippen molar-refractivity contribution in [3.05, 3.63) is 64.6 Å². The summed E-state index contributed by atoms with van der Waals surface area (Å²) in [5.74, 6) is -0.197. The molecule has 1 amide bonds. The van der Waals surface area contributed by atoms with Crippen LogP contribution in [0, 0.1) is 13.8 Å². The standard InChI is InChI=1S/C20H22N4O2/c1-12-17(13(2)22-18(12)14(3)25)20(26)24(4)11-16-10-21-23-19(16)15-8-6-5-7-9-15/h5-10,22H,11H2,1-4H3,(H,21,23). The van der Waals surface area contributed by atoms with Crippen LogP contribution in [-0.4, -0.2) is 38.8 Å². The van der Waals surface area contributed by atoms with Crippen LogP contribution in [0.2, 0.25) is 0 Å². The minimum Gasteiger partial charge on any atom is -0.355 e. The molecule has 3 rings (SSSR count). The van der Waals surface area contributed by atoms with Crippen LogP contribution in [0.25, 0.3) is 11.3 Å². The molecule has 3 aromatic rings. The SMILES string of the molecule is CC(=O)c1[nH]c(C)c(C(=O)N(C)Cc2cn[nH]c2-c2ccccc2)c1C. The molecule has 0 bridgehead atoms. The number of aromatic nitrogens is 3. The monoisotopic (exact) mass is 350 g/mol. The average molecular weight is 350 g/mol. The number of aromatic amines is 2. The van der Waals surface area contributed by atoms with Crippen molar-refractivity contribution in [2.75, 3.05) is 7.05 Å². The number of hydrogen-bond acceptors (Lipinski definition) is 3. The van der Waals surface area contributed by atoms with Gasteiger partial charge in [0.15, 0.2) is 5.78 Å². The molecule has 2 aromatic heterocycles. The van der Waals surface area contributed by atoms with Crippen LogP contribution in [0.1, 0.15) is 44.6 Å². The van der Waals surface area contributed by atoms with Gasteiger partial charge in [0.2, 0.25) is 0 Å². The highest BCUT2D eigenvalue weighted by atomic mass is 16.2.